The van der Waals surface area contributed by atoms with Gasteiger partial charge in [0.15, 0.2) is 0 Å². The third-order valence-electron chi connectivity index (χ3n) is 3.55. The van der Waals surface area contributed by atoms with Crippen molar-refractivity contribution in [2.75, 3.05) is 6.54 Å². The van der Waals surface area contributed by atoms with Gasteiger partial charge in [-0.3, -0.25) is 4.90 Å². The zero-order chi connectivity index (χ0) is 20.6. The van der Waals surface area contributed by atoms with Crippen molar-refractivity contribution in [3.8, 4) is 0 Å². The van der Waals surface area contributed by atoms with E-state index in [-0.39, 0.29) is 17.2 Å². The molecule has 1 aliphatic heterocycles. The Kier molecular flexibility index (Phi) is 9.03. The Hall–Kier alpha value is -1.82. The van der Waals surface area contributed by atoms with E-state index in [0.29, 0.717) is 19.4 Å². The minimum absolute atomic E-state index is 0.0280. The van der Waals surface area contributed by atoms with Gasteiger partial charge in [-0.1, -0.05) is 44.0 Å². The van der Waals surface area contributed by atoms with Crippen LogP contribution in [0, 0.1) is 5.82 Å². The molecule has 0 bridgehead atoms. The molecule has 1 aromatic rings. The molecule has 0 spiro atoms. The molecule has 27 heavy (non-hydrogen) atoms. The molecule has 0 N–H and O–H groups in total. The molecule has 0 aromatic heterocycles. The lowest BCUT2D eigenvalue weighted by Gasteiger charge is -2.27. The number of rotatable bonds is 3. The number of ether oxygens (including phenoxy) is 2. The molecule has 1 saturated heterocycles. The number of carbonyl (C=O) groups excluding carboxylic acids is 2. The molecule has 1 amide bonds. The van der Waals surface area contributed by atoms with Crippen LogP contribution in [0.3, 0.4) is 0 Å². The highest BCUT2D eigenvalue weighted by Crippen LogP contribution is 2.23. The Balaban J connectivity index is 0.00000114. The highest BCUT2D eigenvalue weighted by molar-refractivity contribution is 6.30. The number of carbonyl (C=O) groups is 2. The Morgan fingerprint density at radius 1 is 1.30 bits per heavy atom. The molecule has 1 unspecified atom stereocenters. The summed E-state index contributed by atoms with van der Waals surface area (Å²) in [5.74, 6) is -1.18. The predicted molar refractivity (Wildman–Crippen MR) is 103 cm³/mol. The van der Waals surface area contributed by atoms with E-state index >= 15 is 0 Å². The maximum Gasteiger partial charge on any atom is 0.411 e. The van der Waals surface area contributed by atoms with Gasteiger partial charge in [0.25, 0.3) is 0 Å². The first-order valence-corrected chi connectivity index (χ1v) is 9.57. The molecule has 0 saturated carbocycles. The van der Waals surface area contributed by atoms with Crippen LogP contribution in [0.1, 0.15) is 59.4 Å². The maximum absolute atomic E-state index is 13.8. The van der Waals surface area contributed by atoms with Gasteiger partial charge in [-0.2, -0.15) is 0 Å². The van der Waals surface area contributed by atoms with E-state index in [9.17, 15) is 14.0 Å². The van der Waals surface area contributed by atoms with Crippen molar-refractivity contribution in [1.29, 1.82) is 0 Å². The number of amides is 1. The number of benzene rings is 1. The Labute approximate surface area is 165 Å². The predicted octanol–water partition coefficient (Wildman–Crippen LogP) is 5.34. The van der Waals surface area contributed by atoms with Crippen molar-refractivity contribution in [2.45, 2.75) is 72.1 Å². The first-order chi connectivity index (χ1) is 12.6. The second-order valence-corrected chi connectivity index (χ2v) is 7.77. The van der Waals surface area contributed by atoms with E-state index in [1.54, 1.807) is 26.8 Å². The van der Waals surface area contributed by atoms with Crippen molar-refractivity contribution >= 4 is 23.7 Å². The van der Waals surface area contributed by atoms with E-state index in [1.807, 2.05) is 0 Å². The fraction of sp³-hybridized carbons (Fsp3) is 0.600. The van der Waals surface area contributed by atoms with Crippen LogP contribution in [0.5, 0.6) is 0 Å². The summed E-state index contributed by atoms with van der Waals surface area (Å²) in [6.45, 7) is 9.73. The number of likely N-dealkylation sites (tertiary alicyclic amines) is 1. The number of hydrogen-bond donors (Lipinski definition) is 0. The molecular weight excluding hydrogens is 373 g/mol. The van der Waals surface area contributed by atoms with E-state index in [2.05, 4.69) is 13.8 Å². The lowest BCUT2D eigenvalue weighted by atomic mass is 10.2. The van der Waals surface area contributed by atoms with Crippen LogP contribution >= 0.6 is 11.6 Å². The molecule has 152 valence electrons. The molecule has 5 nitrogen and oxygen atoms in total. The quantitative estimate of drug-likeness (QED) is 0.641. The average Bonchev–Trinajstić information content (AvgIpc) is 3.05. The second kappa shape index (κ2) is 10.5. The highest BCUT2D eigenvalue weighted by Gasteiger charge is 2.37. The smallest absolute Gasteiger partial charge is 0.411 e. The van der Waals surface area contributed by atoms with Gasteiger partial charge in [0.1, 0.15) is 24.1 Å². The molecule has 1 fully saturated rings. The molecule has 0 radical (unpaired) electrons. The summed E-state index contributed by atoms with van der Waals surface area (Å²) in [5.41, 5.74) is -0.449. The van der Waals surface area contributed by atoms with Crippen molar-refractivity contribution in [2.24, 2.45) is 0 Å². The number of esters is 1. The standard InChI is InChI=1S/C17H21ClFNO4.C3H8/c1-17(2,3)24-16(22)20-9-5-8-13(20)15(21)23-10-11-6-4-7-12(18)14(11)19;1-3-2/h4,6-7,13H,5,8-10H2,1-3H3;3H2,1-2H3. The molecule has 0 aliphatic carbocycles. The Morgan fingerprint density at radius 2 is 1.93 bits per heavy atom. The number of nitrogens with zero attached hydrogens (tertiary/aromatic N) is 1. The summed E-state index contributed by atoms with van der Waals surface area (Å²) in [6, 6.07) is 3.79. The highest BCUT2D eigenvalue weighted by atomic mass is 35.5. The van der Waals surface area contributed by atoms with Crippen LogP contribution in [0.4, 0.5) is 9.18 Å². The van der Waals surface area contributed by atoms with Gasteiger partial charge in [0.05, 0.1) is 5.02 Å². The zero-order valence-corrected chi connectivity index (χ0v) is 17.4. The zero-order valence-electron chi connectivity index (χ0n) is 16.7. The topological polar surface area (TPSA) is 55.8 Å². The van der Waals surface area contributed by atoms with Gasteiger partial charge in [-0.15, -0.1) is 0 Å². The minimum Gasteiger partial charge on any atom is -0.459 e. The van der Waals surface area contributed by atoms with Gasteiger partial charge < -0.3 is 9.47 Å². The summed E-state index contributed by atoms with van der Waals surface area (Å²) in [5, 5.41) is -0.0280. The van der Waals surface area contributed by atoms with Crippen molar-refractivity contribution in [3.05, 3.63) is 34.6 Å². The molecule has 7 heteroatoms. The first-order valence-electron chi connectivity index (χ1n) is 9.19. The van der Waals surface area contributed by atoms with E-state index in [0.717, 1.165) is 0 Å². The fourth-order valence-corrected chi connectivity index (χ4v) is 2.65. The van der Waals surface area contributed by atoms with Gasteiger partial charge >= 0.3 is 12.1 Å². The SMILES string of the molecule is CC(C)(C)OC(=O)N1CCCC1C(=O)OCc1cccc(Cl)c1F.CCC. The Bertz CT molecular complexity index is 645. The fourth-order valence-electron chi connectivity index (χ4n) is 2.46. The molecule has 2 rings (SSSR count). The lowest BCUT2D eigenvalue weighted by molar-refractivity contribution is -0.150. The van der Waals surface area contributed by atoms with Gasteiger partial charge in [-0.05, 0) is 39.7 Å². The first kappa shape index (κ1) is 23.2. The number of halogens is 2. The van der Waals surface area contributed by atoms with E-state index in [1.165, 1.54) is 23.5 Å². The summed E-state index contributed by atoms with van der Waals surface area (Å²) in [4.78, 5) is 25.8. The van der Waals surface area contributed by atoms with Gasteiger partial charge in [0.2, 0.25) is 0 Å². The third-order valence-corrected chi connectivity index (χ3v) is 3.85. The van der Waals surface area contributed by atoms with Crippen molar-refractivity contribution < 1.29 is 23.5 Å². The third kappa shape index (κ3) is 7.37. The van der Waals surface area contributed by atoms with Crippen LogP contribution in [0.2, 0.25) is 5.02 Å². The van der Waals surface area contributed by atoms with Gasteiger partial charge in [0, 0.05) is 12.1 Å². The molecule has 1 heterocycles. The lowest BCUT2D eigenvalue weighted by Crippen LogP contribution is -2.44. The molecule has 1 atom stereocenters. The van der Waals surface area contributed by atoms with E-state index in [4.69, 9.17) is 21.1 Å². The Morgan fingerprint density at radius 3 is 2.52 bits per heavy atom. The number of hydrogen-bond acceptors (Lipinski definition) is 4. The van der Waals surface area contributed by atoms with Crippen LogP contribution in [0.15, 0.2) is 18.2 Å². The van der Waals surface area contributed by atoms with Crippen LogP contribution in [-0.2, 0) is 20.9 Å². The average molecular weight is 402 g/mol. The van der Waals surface area contributed by atoms with Crippen LogP contribution in [0.25, 0.3) is 0 Å². The summed E-state index contributed by atoms with van der Waals surface area (Å²) >= 11 is 5.70. The largest absolute Gasteiger partial charge is 0.459 e. The van der Waals surface area contributed by atoms with Crippen molar-refractivity contribution in [1.82, 2.24) is 4.90 Å². The normalized spacial score (nSPS) is 16.4. The van der Waals surface area contributed by atoms with Crippen LogP contribution < -0.4 is 0 Å². The molecule has 1 aromatic carbocycles. The van der Waals surface area contributed by atoms with Crippen LogP contribution in [-0.4, -0.2) is 35.2 Å². The maximum atomic E-state index is 13.8. The second-order valence-electron chi connectivity index (χ2n) is 7.36. The summed E-state index contributed by atoms with van der Waals surface area (Å²) in [6.07, 6.45) is 1.89. The monoisotopic (exact) mass is 401 g/mol. The summed E-state index contributed by atoms with van der Waals surface area (Å²) in [7, 11) is 0. The molecule has 1 aliphatic rings. The summed E-state index contributed by atoms with van der Waals surface area (Å²) < 4.78 is 24.3. The van der Waals surface area contributed by atoms with E-state index < -0.39 is 29.5 Å². The van der Waals surface area contributed by atoms with Crippen molar-refractivity contribution in [3.63, 3.8) is 0 Å². The minimum atomic E-state index is -0.706. The molecular formula is C20H29ClFNO4. The van der Waals surface area contributed by atoms with Gasteiger partial charge in [-0.25, -0.2) is 14.0 Å².